The fourth-order valence-electron chi connectivity index (χ4n) is 3.82. The van der Waals surface area contributed by atoms with Crippen LogP contribution in [0.25, 0.3) is 10.2 Å². The van der Waals surface area contributed by atoms with E-state index in [-0.39, 0.29) is 11.8 Å². The second-order valence-electron chi connectivity index (χ2n) is 6.80. The van der Waals surface area contributed by atoms with Crippen molar-refractivity contribution in [3.05, 3.63) is 16.8 Å². The second kappa shape index (κ2) is 7.23. The van der Waals surface area contributed by atoms with Gasteiger partial charge in [-0.25, -0.2) is 9.97 Å². The quantitative estimate of drug-likeness (QED) is 0.735. The van der Waals surface area contributed by atoms with Crippen molar-refractivity contribution in [1.29, 1.82) is 0 Å². The lowest BCUT2D eigenvalue weighted by molar-refractivity contribution is -0.123. The Hall–Kier alpha value is -1.77. The number of carbonyl (C=O) groups excluding carboxylic acids is 1. The Morgan fingerprint density at radius 2 is 2.40 bits per heavy atom. The van der Waals surface area contributed by atoms with Crippen LogP contribution in [-0.2, 0) is 17.8 Å². The van der Waals surface area contributed by atoms with Gasteiger partial charge in [0.25, 0.3) is 0 Å². The Balaban J connectivity index is 1.43. The van der Waals surface area contributed by atoms with Gasteiger partial charge in [-0.15, -0.1) is 11.3 Å². The normalized spacial score (nSPS) is 21.2. The van der Waals surface area contributed by atoms with E-state index in [1.165, 1.54) is 15.8 Å². The van der Waals surface area contributed by atoms with Gasteiger partial charge in [-0.05, 0) is 37.9 Å². The summed E-state index contributed by atoms with van der Waals surface area (Å²) in [5.74, 6) is 0.762. The zero-order chi connectivity index (χ0) is 17.2. The molecule has 2 aromatic rings. The first-order valence-electron chi connectivity index (χ1n) is 8.94. The first-order chi connectivity index (χ1) is 12.2. The van der Waals surface area contributed by atoms with Crippen LogP contribution in [0.5, 0.6) is 0 Å². The molecule has 0 saturated carbocycles. The molecule has 1 saturated heterocycles. The largest absolute Gasteiger partial charge is 0.369 e. The number of thiophene rings is 1. The van der Waals surface area contributed by atoms with Gasteiger partial charge in [-0.2, -0.15) is 0 Å². The van der Waals surface area contributed by atoms with E-state index in [0.29, 0.717) is 0 Å². The number of likely N-dealkylation sites (tertiary alicyclic amines) is 1. The van der Waals surface area contributed by atoms with Crippen LogP contribution < -0.4 is 16.4 Å². The van der Waals surface area contributed by atoms with Gasteiger partial charge in [0.15, 0.2) is 0 Å². The summed E-state index contributed by atoms with van der Waals surface area (Å²) in [6.07, 6.45) is 4.63. The molecule has 0 radical (unpaired) electrons. The third kappa shape index (κ3) is 3.47. The molecular formula is C17H24N6OS. The van der Waals surface area contributed by atoms with Crippen LogP contribution in [0.15, 0.2) is 6.33 Å². The lowest BCUT2D eigenvalue weighted by Crippen LogP contribution is -2.42. The molecule has 4 heterocycles. The summed E-state index contributed by atoms with van der Waals surface area (Å²) in [5, 5.41) is 8.10. The molecule has 134 valence electrons. The molecular weight excluding hydrogens is 336 g/mol. The summed E-state index contributed by atoms with van der Waals surface area (Å²) in [4.78, 5) is 25.1. The molecule has 0 aromatic carbocycles. The molecule has 2 aromatic heterocycles. The number of hydrogen-bond donors (Lipinski definition) is 3. The number of amides is 1. The molecule has 4 rings (SSSR count). The summed E-state index contributed by atoms with van der Waals surface area (Å²) in [6.45, 7) is 5.44. The number of aromatic nitrogens is 2. The van der Waals surface area contributed by atoms with E-state index in [1.54, 1.807) is 17.7 Å². The number of piperidine rings is 1. The molecule has 1 amide bonds. The van der Waals surface area contributed by atoms with Crippen LogP contribution in [-0.4, -0.2) is 53.5 Å². The van der Waals surface area contributed by atoms with Gasteiger partial charge in [-0.3, -0.25) is 4.79 Å². The number of nitrogens with two attached hydrogens (primary N) is 1. The van der Waals surface area contributed by atoms with Gasteiger partial charge in [0.1, 0.15) is 17.0 Å². The molecule has 0 unspecified atom stereocenters. The molecule has 2 aliphatic rings. The minimum Gasteiger partial charge on any atom is -0.369 e. The Morgan fingerprint density at radius 3 is 3.28 bits per heavy atom. The van der Waals surface area contributed by atoms with Gasteiger partial charge in [0.2, 0.25) is 5.91 Å². The summed E-state index contributed by atoms with van der Waals surface area (Å²) in [6, 6.07) is 0. The predicted molar refractivity (Wildman–Crippen MR) is 99.7 cm³/mol. The molecule has 2 aliphatic heterocycles. The van der Waals surface area contributed by atoms with Crippen molar-refractivity contribution < 1.29 is 4.79 Å². The van der Waals surface area contributed by atoms with E-state index >= 15 is 0 Å². The number of primary amides is 1. The predicted octanol–water partition coefficient (Wildman–Crippen LogP) is 0.946. The van der Waals surface area contributed by atoms with Crippen LogP contribution in [0, 0.1) is 5.92 Å². The Bertz CT molecular complexity index is 776. The van der Waals surface area contributed by atoms with Crippen LogP contribution in [0.2, 0.25) is 0 Å². The van der Waals surface area contributed by atoms with Crippen molar-refractivity contribution in [2.24, 2.45) is 11.7 Å². The third-order valence-corrected chi connectivity index (χ3v) is 6.28. The van der Waals surface area contributed by atoms with E-state index in [9.17, 15) is 4.79 Å². The van der Waals surface area contributed by atoms with E-state index < -0.39 is 0 Å². The number of hydrogen-bond acceptors (Lipinski definition) is 7. The fraction of sp³-hybridized carbons (Fsp3) is 0.588. The number of rotatable bonds is 5. The molecule has 1 fully saturated rings. The van der Waals surface area contributed by atoms with Crippen molar-refractivity contribution in [3.63, 3.8) is 0 Å². The first kappa shape index (κ1) is 16.7. The summed E-state index contributed by atoms with van der Waals surface area (Å²) in [7, 11) is 0. The molecule has 0 spiro atoms. The highest BCUT2D eigenvalue weighted by Crippen LogP contribution is 2.35. The van der Waals surface area contributed by atoms with Crippen molar-refractivity contribution in [2.45, 2.75) is 25.8 Å². The van der Waals surface area contributed by atoms with Crippen LogP contribution >= 0.6 is 11.3 Å². The van der Waals surface area contributed by atoms with E-state index in [0.717, 1.165) is 69.2 Å². The summed E-state index contributed by atoms with van der Waals surface area (Å²) < 4.78 is 0. The first-order valence-corrected chi connectivity index (χ1v) is 9.75. The Kier molecular flexibility index (Phi) is 4.82. The molecule has 7 nitrogen and oxygen atoms in total. The zero-order valence-electron chi connectivity index (χ0n) is 14.3. The molecule has 25 heavy (non-hydrogen) atoms. The molecule has 0 bridgehead atoms. The van der Waals surface area contributed by atoms with Gasteiger partial charge < -0.3 is 21.3 Å². The number of fused-ring (bicyclic) bond motifs is 3. The molecule has 4 N–H and O–H groups in total. The van der Waals surface area contributed by atoms with E-state index in [1.807, 2.05) is 0 Å². The standard InChI is InChI=1S/C17H24N6OS/c18-15(24)11-2-1-6-23(9-11)7-5-20-16-14-12-3-4-19-8-13(12)25-17(14)22-10-21-16/h10-11,19H,1-9H2,(H2,18,24)(H,20,21,22)/t11-/m0/s1. The highest BCUT2D eigenvalue weighted by atomic mass is 32.1. The van der Waals surface area contributed by atoms with Crippen molar-refractivity contribution in [1.82, 2.24) is 20.2 Å². The minimum atomic E-state index is -0.173. The van der Waals surface area contributed by atoms with Crippen molar-refractivity contribution in [3.8, 4) is 0 Å². The average Bonchev–Trinajstić information content (AvgIpc) is 3.01. The zero-order valence-corrected chi connectivity index (χ0v) is 15.1. The maximum absolute atomic E-state index is 11.4. The number of carbonyl (C=O) groups is 1. The highest BCUT2D eigenvalue weighted by molar-refractivity contribution is 7.18. The molecule has 1 atom stereocenters. The second-order valence-corrected chi connectivity index (χ2v) is 7.89. The fourth-order valence-corrected chi connectivity index (χ4v) is 4.97. The van der Waals surface area contributed by atoms with Crippen molar-refractivity contribution >= 4 is 33.3 Å². The van der Waals surface area contributed by atoms with Crippen LogP contribution in [0.1, 0.15) is 23.3 Å². The monoisotopic (exact) mass is 360 g/mol. The number of anilines is 1. The smallest absolute Gasteiger partial charge is 0.221 e. The van der Waals surface area contributed by atoms with Gasteiger partial charge in [-0.1, -0.05) is 0 Å². The summed E-state index contributed by atoms with van der Waals surface area (Å²) >= 11 is 1.76. The van der Waals surface area contributed by atoms with Crippen molar-refractivity contribution in [2.75, 3.05) is 38.0 Å². The Labute approximate surface area is 151 Å². The maximum atomic E-state index is 11.4. The van der Waals surface area contributed by atoms with E-state index in [4.69, 9.17) is 5.73 Å². The lowest BCUT2D eigenvalue weighted by Gasteiger charge is -2.31. The molecule has 8 heteroatoms. The van der Waals surface area contributed by atoms with Gasteiger partial charge in [0.05, 0.1) is 11.3 Å². The number of nitrogens with one attached hydrogen (secondary N) is 2. The summed E-state index contributed by atoms with van der Waals surface area (Å²) in [5.41, 5.74) is 6.86. The van der Waals surface area contributed by atoms with E-state index in [2.05, 4.69) is 25.5 Å². The molecule has 0 aliphatic carbocycles. The third-order valence-electron chi connectivity index (χ3n) is 5.14. The lowest BCUT2D eigenvalue weighted by atomic mass is 9.97. The Morgan fingerprint density at radius 1 is 1.48 bits per heavy atom. The number of nitrogens with zero attached hydrogens (tertiary/aromatic N) is 3. The highest BCUT2D eigenvalue weighted by Gasteiger charge is 2.24. The van der Waals surface area contributed by atoms with Gasteiger partial charge >= 0.3 is 0 Å². The van der Waals surface area contributed by atoms with Gasteiger partial charge in [0, 0.05) is 31.1 Å². The average molecular weight is 360 g/mol. The minimum absolute atomic E-state index is 0.00380. The van der Waals surface area contributed by atoms with Crippen LogP contribution in [0.3, 0.4) is 0 Å². The maximum Gasteiger partial charge on any atom is 0.221 e. The van der Waals surface area contributed by atoms with Crippen LogP contribution in [0.4, 0.5) is 5.82 Å². The SMILES string of the molecule is NC(=O)[C@H]1CCCN(CCNc2ncnc3sc4c(c23)CCNC4)C1. The topological polar surface area (TPSA) is 96.2 Å².